The summed E-state index contributed by atoms with van der Waals surface area (Å²) >= 11 is 0. The summed E-state index contributed by atoms with van der Waals surface area (Å²) in [5.74, 6) is 1.62. The first-order chi connectivity index (χ1) is 10.0. The van der Waals surface area contributed by atoms with Gasteiger partial charge < -0.3 is 15.4 Å². The number of rotatable bonds is 10. The maximum absolute atomic E-state index is 5.27. The van der Waals surface area contributed by atoms with Gasteiger partial charge in [-0.25, -0.2) is 4.98 Å². The van der Waals surface area contributed by atoms with Crippen LogP contribution in [0.25, 0.3) is 0 Å². The highest BCUT2D eigenvalue weighted by molar-refractivity contribution is 5.40. The number of methoxy groups -OCH3 is 1. The lowest BCUT2D eigenvalue weighted by Gasteiger charge is -2.14. The molecule has 0 bridgehead atoms. The molecule has 1 atom stereocenters. The summed E-state index contributed by atoms with van der Waals surface area (Å²) in [6.07, 6.45) is 2.32. The Morgan fingerprint density at radius 3 is 2.57 bits per heavy atom. The molecule has 1 heterocycles. The number of nitrogens with zero attached hydrogens (tertiary/aromatic N) is 1. The second-order valence-electron chi connectivity index (χ2n) is 6.05. The molecule has 0 aliphatic carbocycles. The number of aryl methyl sites for hydroxylation is 1. The maximum atomic E-state index is 5.27. The van der Waals surface area contributed by atoms with Gasteiger partial charge in [-0.3, -0.25) is 0 Å². The molecule has 0 saturated heterocycles. The van der Waals surface area contributed by atoms with Gasteiger partial charge in [-0.15, -0.1) is 0 Å². The highest BCUT2D eigenvalue weighted by atomic mass is 16.5. The van der Waals surface area contributed by atoms with Crippen LogP contribution in [0.15, 0.2) is 12.1 Å². The number of hydrogen-bond acceptors (Lipinski definition) is 4. The first kappa shape index (κ1) is 17.9. The predicted molar refractivity (Wildman–Crippen MR) is 89.7 cm³/mol. The lowest BCUT2D eigenvalue weighted by atomic mass is 10.1. The average molecular weight is 293 g/mol. The molecule has 1 rings (SSSR count). The van der Waals surface area contributed by atoms with Gasteiger partial charge in [-0.2, -0.15) is 0 Å². The summed E-state index contributed by atoms with van der Waals surface area (Å²) in [6, 6.07) is 4.34. The standard InChI is InChI=1S/C17H31N3O/c1-6-7-16-8-15(12-18-10-13(2)3)9-17(20-16)19-11-14(4)21-5/h8-9,13-14,18H,6-7,10-12H2,1-5H3,(H,19,20). The van der Waals surface area contributed by atoms with Crippen molar-refractivity contribution < 1.29 is 4.74 Å². The Morgan fingerprint density at radius 1 is 1.19 bits per heavy atom. The summed E-state index contributed by atoms with van der Waals surface area (Å²) in [4.78, 5) is 4.68. The van der Waals surface area contributed by atoms with Crippen LogP contribution in [0, 0.1) is 5.92 Å². The Morgan fingerprint density at radius 2 is 1.95 bits per heavy atom. The van der Waals surface area contributed by atoms with Crippen molar-refractivity contribution in [1.82, 2.24) is 10.3 Å². The number of anilines is 1. The second-order valence-corrected chi connectivity index (χ2v) is 6.05. The fourth-order valence-corrected chi connectivity index (χ4v) is 2.06. The largest absolute Gasteiger partial charge is 0.380 e. The van der Waals surface area contributed by atoms with E-state index in [-0.39, 0.29) is 6.10 Å². The van der Waals surface area contributed by atoms with Crippen molar-refractivity contribution in [2.24, 2.45) is 5.92 Å². The Bertz CT molecular complexity index is 407. The van der Waals surface area contributed by atoms with E-state index in [2.05, 4.69) is 48.5 Å². The molecule has 0 aliphatic rings. The van der Waals surface area contributed by atoms with Gasteiger partial charge in [-0.1, -0.05) is 27.2 Å². The van der Waals surface area contributed by atoms with Gasteiger partial charge >= 0.3 is 0 Å². The first-order valence-electron chi connectivity index (χ1n) is 8.02. The Labute approximate surface area is 129 Å². The van der Waals surface area contributed by atoms with E-state index in [0.717, 1.165) is 44.0 Å². The third kappa shape index (κ3) is 7.44. The number of pyridine rings is 1. The van der Waals surface area contributed by atoms with Crippen molar-refractivity contribution in [1.29, 1.82) is 0 Å². The molecule has 0 saturated carbocycles. The molecule has 21 heavy (non-hydrogen) atoms. The highest BCUT2D eigenvalue weighted by Crippen LogP contribution is 2.13. The lowest BCUT2D eigenvalue weighted by molar-refractivity contribution is 0.128. The highest BCUT2D eigenvalue weighted by Gasteiger charge is 2.05. The third-order valence-corrected chi connectivity index (χ3v) is 3.30. The van der Waals surface area contributed by atoms with Gasteiger partial charge in [0, 0.05) is 25.9 Å². The minimum Gasteiger partial charge on any atom is -0.380 e. The fraction of sp³-hybridized carbons (Fsp3) is 0.706. The van der Waals surface area contributed by atoms with Crippen molar-refractivity contribution in [3.05, 3.63) is 23.4 Å². The quantitative estimate of drug-likeness (QED) is 0.695. The van der Waals surface area contributed by atoms with E-state index in [0.29, 0.717) is 5.92 Å². The van der Waals surface area contributed by atoms with Gasteiger partial charge in [0.1, 0.15) is 5.82 Å². The molecule has 0 aliphatic heterocycles. The van der Waals surface area contributed by atoms with E-state index < -0.39 is 0 Å². The van der Waals surface area contributed by atoms with Crippen LogP contribution in [0.3, 0.4) is 0 Å². The van der Waals surface area contributed by atoms with Gasteiger partial charge in [-0.05, 0) is 43.5 Å². The van der Waals surface area contributed by atoms with E-state index in [4.69, 9.17) is 4.74 Å². The molecule has 0 amide bonds. The van der Waals surface area contributed by atoms with Crippen molar-refractivity contribution in [3.8, 4) is 0 Å². The topological polar surface area (TPSA) is 46.2 Å². The van der Waals surface area contributed by atoms with E-state index in [1.54, 1.807) is 7.11 Å². The summed E-state index contributed by atoms with van der Waals surface area (Å²) in [7, 11) is 1.73. The summed E-state index contributed by atoms with van der Waals surface area (Å²) in [5, 5.41) is 6.86. The zero-order valence-electron chi connectivity index (χ0n) is 14.2. The predicted octanol–water partition coefficient (Wildman–Crippen LogP) is 3.23. The van der Waals surface area contributed by atoms with Crippen LogP contribution < -0.4 is 10.6 Å². The lowest BCUT2D eigenvalue weighted by Crippen LogP contribution is -2.21. The minimum atomic E-state index is 0.184. The molecule has 1 aromatic rings. The zero-order chi connectivity index (χ0) is 15.7. The molecule has 120 valence electrons. The molecule has 0 fully saturated rings. The van der Waals surface area contributed by atoms with Crippen molar-refractivity contribution in [3.63, 3.8) is 0 Å². The molecule has 1 aromatic heterocycles. The summed E-state index contributed by atoms with van der Waals surface area (Å²) < 4.78 is 5.27. The molecule has 4 heteroatoms. The van der Waals surface area contributed by atoms with Crippen LogP contribution in [0.5, 0.6) is 0 Å². The van der Waals surface area contributed by atoms with E-state index in [1.165, 1.54) is 5.56 Å². The third-order valence-electron chi connectivity index (χ3n) is 3.30. The Hall–Kier alpha value is -1.13. The van der Waals surface area contributed by atoms with Gasteiger partial charge in [0.25, 0.3) is 0 Å². The zero-order valence-corrected chi connectivity index (χ0v) is 14.2. The number of ether oxygens (including phenoxy) is 1. The van der Waals surface area contributed by atoms with E-state index >= 15 is 0 Å². The number of aromatic nitrogens is 1. The van der Waals surface area contributed by atoms with Gasteiger partial charge in [0.2, 0.25) is 0 Å². The van der Waals surface area contributed by atoms with Crippen LogP contribution in [0.4, 0.5) is 5.82 Å². The smallest absolute Gasteiger partial charge is 0.126 e. The SMILES string of the molecule is CCCc1cc(CNCC(C)C)cc(NCC(C)OC)n1. The minimum absolute atomic E-state index is 0.184. The number of nitrogens with one attached hydrogen (secondary N) is 2. The summed E-state index contributed by atoms with van der Waals surface area (Å²) in [5.41, 5.74) is 2.45. The molecular formula is C17H31N3O. The van der Waals surface area contributed by atoms with Crippen molar-refractivity contribution in [2.45, 2.75) is 53.2 Å². The Balaban J connectivity index is 2.69. The van der Waals surface area contributed by atoms with Crippen molar-refractivity contribution in [2.75, 3.05) is 25.5 Å². The average Bonchev–Trinajstić information content (AvgIpc) is 2.44. The molecule has 0 aromatic carbocycles. The number of hydrogen-bond donors (Lipinski definition) is 2. The Kier molecular flexibility index (Phi) is 8.31. The maximum Gasteiger partial charge on any atom is 0.126 e. The molecule has 4 nitrogen and oxygen atoms in total. The van der Waals surface area contributed by atoms with Crippen molar-refractivity contribution >= 4 is 5.82 Å². The van der Waals surface area contributed by atoms with Crippen LogP contribution >= 0.6 is 0 Å². The molecule has 0 radical (unpaired) electrons. The second kappa shape index (κ2) is 9.74. The van der Waals surface area contributed by atoms with E-state index in [9.17, 15) is 0 Å². The van der Waals surface area contributed by atoms with Crippen LogP contribution in [0.2, 0.25) is 0 Å². The monoisotopic (exact) mass is 293 g/mol. The van der Waals surface area contributed by atoms with Crippen LogP contribution in [-0.4, -0.2) is 31.3 Å². The molecule has 0 spiro atoms. The van der Waals surface area contributed by atoms with E-state index in [1.807, 2.05) is 6.92 Å². The van der Waals surface area contributed by atoms with Gasteiger partial charge in [0.15, 0.2) is 0 Å². The van der Waals surface area contributed by atoms with Crippen LogP contribution in [0.1, 0.15) is 45.4 Å². The first-order valence-corrected chi connectivity index (χ1v) is 8.02. The molecular weight excluding hydrogens is 262 g/mol. The molecule has 1 unspecified atom stereocenters. The fourth-order valence-electron chi connectivity index (χ4n) is 2.06. The van der Waals surface area contributed by atoms with Gasteiger partial charge in [0.05, 0.1) is 6.10 Å². The summed E-state index contributed by atoms with van der Waals surface area (Å²) in [6.45, 7) is 11.4. The molecule has 2 N–H and O–H groups in total. The van der Waals surface area contributed by atoms with Crippen LogP contribution in [-0.2, 0) is 17.7 Å². The normalized spacial score (nSPS) is 12.7.